The van der Waals surface area contributed by atoms with Crippen LogP contribution in [0.25, 0.3) is 11.3 Å². The van der Waals surface area contributed by atoms with E-state index < -0.39 is 10.0 Å². The van der Waals surface area contributed by atoms with Crippen LogP contribution in [0, 0.1) is 6.92 Å². The van der Waals surface area contributed by atoms with Gasteiger partial charge in [-0.1, -0.05) is 48.9 Å². The molecule has 25 heavy (non-hydrogen) atoms. The van der Waals surface area contributed by atoms with Crippen molar-refractivity contribution in [2.24, 2.45) is 0 Å². The van der Waals surface area contributed by atoms with Gasteiger partial charge in [0.15, 0.2) is 5.78 Å². The molecule has 2 aromatic carbocycles. The zero-order valence-electron chi connectivity index (χ0n) is 14.1. The van der Waals surface area contributed by atoms with Crippen molar-refractivity contribution in [1.82, 2.24) is 3.97 Å². The number of nitrogens with zero attached hydrogens (tertiary/aromatic N) is 1. The van der Waals surface area contributed by atoms with Crippen molar-refractivity contribution in [1.29, 1.82) is 0 Å². The van der Waals surface area contributed by atoms with Crippen LogP contribution in [-0.4, -0.2) is 18.2 Å². The van der Waals surface area contributed by atoms with Gasteiger partial charge in [-0.05, 0) is 36.8 Å². The van der Waals surface area contributed by atoms with E-state index in [0.29, 0.717) is 17.7 Å². The lowest BCUT2D eigenvalue weighted by Crippen LogP contribution is -2.13. The van der Waals surface area contributed by atoms with E-state index in [1.807, 2.05) is 13.8 Å². The molecule has 5 heteroatoms. The summed E-state index contributed by atoms with van der Waals surface area (Å²) in [6.45, 7) is 3.73. The highest BCUT2D eigenvalue weighted by Crippen LogP contribution is 2.25. The second kappa shape index (κ2) is 6.69. The lowest BCUT2D eigenvalue weighted by Gasteiger charge is -2.11. The highest BCUT2D eigenvalue weighted by Gasteiger charge is 2.20. The Kier molecular flexibility index (Phi) is 4.59. The molecule has 128 valence electrons. The Bertz CT molecular complexity index is 998. The second-order valence-electron chi connectivity index (χ2n) is 5.86. The molecule has 4 nitrogen and oxygen atoms in total. The molecule has 0 radical (unpaired) electrons. The van der Waals surface area contributed by atoms with Gasteiger partial charge in [0.25, 0.3) is 10.0 Å². The third-order valence-corrected chi connectivity index (χ3v) is 5.82. The van der Waals surface area contributed by atoms with Crippen molar-refractivity contribution in [2.45, 2.75) is 25.2 Å². The van der Waals surface area contributed by atoms with E-state index in [0.717, 1.165) is 11.1 Å². The number of rotatable bonds is 5. The Labute approximate surface area is 147 Å². The second-order valence-corrected chi connectivity index (χ2v) is 7.68. The first-order chi connectivity index (χ1) is 11.9. The predicted octanol–water partition coefficient (Wildman–Crippen LogP) is 4.29. The Morgan fingerprint density at radius 2 is 1.60 bits per heavy atom. The molecule has 0 atom stereocenters. The number of aryl methyl sites for hydroxylation is 1. The van der Waals surface area contributed by atoms with Gasteiger partial charge in [-0.2, -0.15) is 0 Å². The van der Waals surface area contributed by atoms with Gasteiger partial charge in [0.2, 0.25) is 0 Å². The minimum atomic E-state index is -3.67. The average molecular weight is 353 g/mol. The molecule has 0 N–H and O–H groups in total. The van der Waals surface area contributed by atoms with Gasteiger partial charge >= 0.3 is 0 Å². The Hall–Kier alpha value is -2.66. The third kappa shape index (κ3) is 3.28. The largest absolute Gasteiger partial charge is 0.294 e. The predicted molar refractivity (Wildman–Crippen MR) is 98.3 cm³/mol. The molecule has 1 aromatic heterocycles. The summed E-state index contributed by atoms with van der Waals surface area (Å²) in [4.78, 5) is 12.0. The molecule has 0 spiro atoms. The van der Waals surface area contributed by atoms with Crippen molar-refractivity contribution < 1.29 is 13.2 Å². The fourth-order valence-corrected chi connectivity index (χ4v) is 4.02. The van der Waals surface area contributed by atoms with Crippen LogP contribution in [0.15, 0.2) is 71.8 Å². The van der Waals surface area contributed by atoms with Crippen molar-refractivity contribution >= 4 is 15.8 Å². The van der Waals surface area contributed by atoms with Gasteiger partial charge in [-0.3, -0.25) is 4.79 Å². The van der Waals surface area contributed by atoms with Gasteiger partial charge in [0.05, 0.1) is 10.6 Å². The van der Waals surface area contributed by atoms with Crippen LogP contribution in [0.1, 0.15) is 29.3 Å². The fraction of sp³-hybridized carbons (Fsp3) is 0.150. The number of carbonyl (C=O) groups is 1. The van der Waals surface area contributed by atoms with Crippen LogP contribution in [0.5, 0.6) is 0 Å². The first-order valence-electron chi connectivity index (χ1n) is 8.06. The van der Waals surface area contributed by atoms with Crippen molar-refractivity contribution in [2.75, 3.05) is 0 Å². The molecule has 0 amide bonds. The number of aromatic nitrogens is 1. The van der Waals surface area contributed by atoms with Gasteiger partial charge in [-0.25, -0.2) is 12.4 Å². The number of hydrogen-bond donors (Lipinski definition) is 0. The fourth-order valence-electron chi connectivity index (χ4n) is 2.65. The highest BCUT2D eigenvalue weighted by molar-refractivity contribution is 7.90. The summed E-state index contributed by atoms with van der Waals surface area (Å²) >= 11 is 0. The molecule has 0 saturated heterocycles. The van der Waals surface area contributed by atoms with Crippen LogP contribution in [0.4, 0.5) is 0 Å². The topological polar surface area (TPSA) is 56.1 Å². The van der Waals surface area contributed by atoms with Crippen LogP contribution in [-0.2, 0) is 10.0 Å². The van der Waals surface area contributed by atoms with Crippen LogP contribution >= 0.6 is 0 Å². The SMILES string of the molecule is CCC(=O)c1ccc(-c2cccn2S(=O)(=O)c2ccc(C)cc2)cc1. The lowest BCUT2D eigenvalue weighted by molar-refractivity contribution is 0.0988. The Morgan fingerprint density at radius 3 is 2.20 bits per heavy atom. The number of ketones is 1. The number of hydrogen-bond acceptors (Lipinski definition) is 3. The highest BCUT2D eigenvalue weighted by atomic mass is 32.2. The minimum absolute atomic E-state index is 0.0641. The van der Waals surface area contributed by atoms with E-state index in [4.69, 9.17) is 0 Å². The van der Waals surface area contributed by atoms with E-state index in [1.165, 1.54) is 10.2 Å². The van der Waals surface area contributed by atoms with Gasteiger partial charge < -0.3 is 0 Å². The molecule has 0 bridgehead atoms. The van der Waals surface area contributed by atoms with Gasteiger partial charge in [0.1, 0.15) is 0 Å². The van der Waals surface area contributed by atoms with E-state index >= 15 is 0 Å². The number of Topliss-reactive ketones (excluding diaryl/α,β-unsaturated/α-hetero) is 1. The molecule has 0 fully saturated rings. The maximum Gasteiger partial charge on any atom is 0.268 e. The molecule has 0 unspecified atom stereocenters. The van der Waals surface area contributed by atoms with Gasteiger partial charge in [0, 0.05) is 18.2 Å². The van der Waals surface area contributed by atoms with Crippen molar-refractivity contribution in [3.05, 3.63) is 78.0 Å². The monoisotopic (exact) mass is 353 g/mol. The molecule has 1 heterocycles. The average Bonchev–Trinajstić information content (AvgIpc) is 3.12. The Balaban J connectivity index is 2.03. The normalized spacial score (nSPS) is 11.4. The summed E-state index contributed by atoms with van der Waals surface area (Å²) in [6.07, 6.45) is 1.98. The summed E-state index contributed by atoms with van der Waals surface area (Å²) in [5, 5.41) is 0. The van der Waals surface area contributed by atoms with E-state index in [2.05, 4.69) is 0 Å². The molecule has 0 aliphatic heterocycles. The van der Waals surface area contributed by atoms with Crippen molar-refractivity contribution in [3.63, 3.8) is 0 Å². The number of benzene rings is 2. The zero-order chi connectivity index (χ0) is 18.0. The lowest BCUT2D eigenvalue weighted by atomic mass is 10.1. The third-order valence-electron chi connectivity index (χ3n) is 4.11. The molecule has 3 rings (SSSR count). The quantitative estimate of drug-likeness (QED) is 0.643. The molecule has 0 aliphatic rings. The first-order valence-corrected chi connectivity index (χ1v) is 9.50. The first kappa shape index (κ1) is 17.2. The van der Waals surface area contributed by atoms with Crippen LogP contribution in [0.3, 0.4) is 0 Å². The van der Waals surface area contributed by atoms with E-state index in [-0.39, 0.29) is 10.7 Å². The summed E-state index contributed by atoms with van der Waals surface area (Å²) in [6, 6.07) is 17.2. The Morgan fingerprint density at radius 1 is 0.960 bits per heavy atom. The molecular formula is C20H19NO3S. The smallest absolute Gasteiger partial charge is 0.268 e. The molecule has 0 saturated carbocycles. The summed E-state index contributed by atoms with van der Waals surface area (Å²) in [5.41, 5.74) is 2.94. The summed E-state index contributed by atoms with van der Waals surface area (Å²) in [7, 11) is -3.67. The van der Waals surface area contributed by atoms with Crippen LogP contribution in [0.2, 0.25) is 0 Å². The van der Waals surface area contributed by atoms with E-state index in [1.54, 1.807) is 60.7 Å². The maximum atomic E-state index is 12.9. The van der Waals surface area contributed by atoms with Crippen molar-refractivity contribution in [3.8, 4) is 11.3 Å². The minimum Gasteiger partial charge on any atom is -0.294 e. The number of carbonyl (C=O) groups excluding carboxylic acids is 1. The maximum absolute atomic E-state index is 12.9. The summed E-state index contributed by atoms with van der Waals surface area (Å²) in [5.74, 6) is 0.0641. The van der Waals surface area contributed by atoms with Gasteiger partial charge in [-0.15, -0.1) is 0 Å². The zero-order valence-corrected chi connectivity index (χ0v) is 15.0. The van der Waals surface area contributed by atoms with E-state index in [9.17, 15) is 13.2 Å². The summed E-state index contributed by atoms with van der Waals surface area (Å²) < 4.78 is 27.1. The molecular weight excluding hydrogens is 334 g/mol. The molecule has 3 aromatic rings. The standard InChI is InChI=1S/C20H19NO3S/c1-3-20(22)17-10-8-16(9-11-17)19-5-4-14-21(19)25(23,24)18-12-6-15(2)7-13-18/h4-14H,3H2,1-2H3. The molecule has 0 aliphatic carbocycles. The van der Waals surface area contributed by atoms with Crippen LogP contribution < -0.4 is 0 Å².